The van der Waals surface area contributed by atoms with Gasteiger partial charge in [-0.15, -0.1) is 0 Å². The van der Waals surface area contributed by atoms with E-state index in [2.05, 4.69) is 4.99 Å². The lowest BCUT2D eigenvalue weighted by Crippen LogP contribution is -2.28. The first kappa shape index (κ1) is 18.0. The molecule has 2 aliphatic heterocycles. The molecule has 0 spiro atoms. The number of fused-ring (bicyclic) bond motifs is 1. The number of halogens is 3. The summed E-state index contributed by atoms with van der Waals surface area (Å²) in [4.78, 5) is 6.02. The van der Waals surface area contributed by atoms with Gasteiger partial charge in [-0.2, -0.15) is 0 Å². The largest absolute Gasteiger partial charge is 0.454 e. The van der Waals surface area contributed by atoms with E-state index in [9.17, 15) is 8.78 Å². The zero-order valence-corrected chi connectivity index (χ0v) is 15.8. The van der Waals surface area contributed by atoms with E-state index in [1.165, 1.54) is 0 Å². The Morgan fingerprint density at radius 3 is 2.78 bits per heavy atom. The van der Waals surface area contributed by atoms with Crippen LogP contribution in [-0.2, 0) is 0 Å². The molecule has 4 rings (SSSR count). The van der Waals surface area contributed by atoms with E-state index in [1.54, 1.807) is 11.9 Å². The number of nitrogens with zero attached hydrogens (tertiary/aromatic N) is 2. The van der Waals surface area contributed by atoms with E-state index in [0.29, 0.717) is 22.4 Å². The highest BCUT2D eigenvalue weighted by Crippen LogP contribution is 2.51. The van der Waals surface area contributed by atoms with Crippen LogP contribution in [0.4, 0.5) is 8.78 Å². The Morgan fingerprint density at radius 2 is 2.11 bits per heavy atom. The molecule has 27 heavy (non-hydrogen) atoms. The molecule has 0 aromatic heterocycles. The summed E-state index contributed by atoms with van der Waals surface area (Å²) in [6.45, 7) is 2.07. The molecular weight excluding hydrogens is 374 g/mol. The number of rotatable bonds is 3. The van der Waals surface area contributed by atoms with Crippen molar-refractivity contribution >= 4 is 23.0 Å². The summed E-state index contributed by atoms with van der Waals surface area (Å²) >= 11 is 6.68. The van der Waals surface area contributed by atoms with Crippen LogP contribution in [0.5, 0.6) is 11.5 Å². The first-order valence-corrected chi connectivity index (χ1v) is 9.10. The van der Waals surface area contributed by atoms with Crippen molar-refractivity contribution in [1.82, 2.24) is 4.90 Å². The Hall–Kier alpha value is -2.34. The van der Waals surface area contributed by atoms with Crippen LogP contribution in [0.25, 0.3) is 5.57 Å². The van der Waals surface area contributed by atoms with Crippen molar-refractivity contribution in [2.45, 2.75) is 25.7 Å². The van der Waals surface area contributed by atoms with Gasteiger partial charge in [-0.1, -0.05) is 23.7 Å². The number of hydrogen-bond acceptors (Lipinski definition) is 3. The van der Waals surface area contributed by atoms with Crippen LogP contribution in [0.3, 0.4) is 0 Å². The van der Waals surface area contributed by atoms with Gasteiger partial charge in [-0.25, -0.2) is 8.78 Å². The lowest BCUT2D eigenvalue weighted by atomic mass is 10.0. The molecule has 1 saturated carbocycles. The highest BCUT2D eigenvalue weighted by Gasteiger charge is 2.57. The number of hydrogen-bond donors (Lipinski definition) is 0. The van der Waals surface area contributed by atoms with E-state index >= 15 is 0 Å². The molecular formula is C20H19ClF2N2O2. The molecule has 1 atom stereocenters. The summed E-state index contributed by atoms with van der Waals surface area (Å²) in [6.07, 6.45) is 5.68. The van der Waals surface area contributed by atoms with Crippen LogP contribution < -0.4 is 9.47 Å². The van der Waals surface area contributed by atoms with Crippen molar-refractivity contribution in [3.63, 3.8) is 0 Å². The molecule has 1 aromatic carbocycles. The third-order valence-corrected chi connectivity index (χ3v) is 5.39. The van der Waals surface area contributed by atoms with Crippen molar-refractivity contribution in [2.75, 3.05) is 13.8 Å². The van der Waals surface area contributed by atoms with E-state index in [-0.39, 0.29) is 19.6 Å². The molecule has 1 aromatic rings. The van der Waals surface area contributed by atoms with Crippen molar-refractivity contribution in [3.05, 3.63) is 52.8 Å². The van der Waals surface area contributed by atoms with Crippen LogP contribution in [0, 0.1) is 5.92 Å². The van der Waals surface area contributed by atoms with Gasteiger partial charge in [0.1, 0.15) is 5.84 Å². The van der Waals surface area contributed by atoms with Gasteiger partial charge in [0.2, 0.25) is 6.79 Å². The van der Waals surface area contributed by atoms with Gasteiger partial charge in [0.25, 0.3) is 5.92 Å². The van der Waals surface area contributed by atoms with E-state index in [1.807, 2.05) is 43.5 Å². The molecule has 0 bridgehead atoms. The highest BCUT2D eigenvalue weighted by molar-refractivity contribution is 6.36. The average Bonchev–Trinajstić information content (AvgIpc) is 3.04. The minimum Gasteiger partial charge on any atom is -0.454 e. The number of alkyl halides is 2. The first-order chi connectivity index (χ1) is 12.9. The summed E-state index contributed by atoms with van der Waals surface area (Å²) in [5.74, 6) is -1.28. The normalized spacial score (nSPS) is 24.8. The van der Waals surface area contributed by atoms with Gasteiger partial charge >= 0.3 is 0 Å². The molecule has 4 nitrogen and oxygen atoms in total. The third-order valence-electron chi connectivity index (χ3n) is 4.99. The third kappa shape index (κ3) is 3.23. The van der Waals surface area contributed by atoms with E-state index in [4.69, 9.17) is 21.1 Å². The maximum absolute atomic E-state index is 13.3. The highest BCUT2D eigenvalue weighted by atomic mass is 35.5. The minimum atomic E-state index is -2.58. The maximum Gasteiger partial charge on any atom is 0.252 e. The van der Waals surface area contributed by atoms with Gasteiger partial charge in [0.05, 0.1) is 10.7 Å². The fourth-order valence-corrected chi connectivity index (χ4v) is 3.71. The second-order valence-corrected chi connectivity index (χ2v) is 7.04. The minimum absolute atomic E-state index is 0.0826. The molecule has 1 fully saturated rings. The molecule has 1 aliphatic carbocycles. The summed E-state index contributed by atoms with van der Waals surface area (Å²) in [5, 5.41) is 0.530. The van der Waals surface area contributed by atoms with Gasteiger partial charge in [0.15, 0.2) is 11.5 Å². The quantitative estimate of drug-likeness (QED) is 0.525. The predicted octanol–water partition coefficient (Wildman–Crippen LogP) is 5.17. The Morgan fingerprint density at radius 1 is 1.37 bits per heavy atom. The Bertz CT molecular complexity index is 905. The molecule has 3 aliphatic rings. The van der Waals surface area contributed by atoms with Crippen LogP contribution >= 0.6 is 11.6 Å². The smallest absolute Gasteiger partial charge is 0.252 e. The number of aliphatic imine (C=N–C) groups is 1. The molecule has 2 heterocycles. The van der Waals surface area contributed by atoms with Crippen LogP contribution in [0.15, 0.2) is 52.3 Å². The monoisotopic (exact) mass is 392 g/mol. The Labute approximate surface area is 161 Å². The molecule has 1 unspecified atom stereocenters. The predicted molar refractivity (Wildman–Crippen MR) is 101 cm³/mol. The fraction of sp³-hybridized carbons (Fsp3) is 0.350. The van der Waals surface area contributed by atoms with Gasteiger partial charge in [-0.3, -0.25) is 4.99 Å². The average molecular weight is 393 g/mol. The van der Waals surface area contributed by atoms with E-state index in [0.717, 1.165) is 16.8 Å². The lowest BCUT2D eigenvalue weighted by molar-refractivity contribution is 0.0998. The number of allylic oxidation sites excluding steroid dienone is 4. The molecule has 0 radical (unpaired) electrons. The van der Waals surface area contributed by atoms with Crippen LogP contribution in [0.1, 0.15) is 25.3 Å². The zero-order chi connectivity index (χ0) is 19.2. The van der Waals surface area contributed by atoms with Crippen LogP contribution in [-0.4, -0.2) is 30.5 Å². The number of ether oxygens (including phenoxy) is 2. The van der Waals surface area contributed by atoms with Gasteiger partial charge < -0.3 is 14.4 Å². The molecule has 142 valence electrons. The summed E-state index contributed by atoms with van der Waals surface area (Å²) in [5.41, 5.74) is 2.44. The van der Waals surface area contributed by atoms with Crippen LogP contribution in [0.2, 0.25) is 0 Å². The van der Waals surface area contributed by atoms with Crippen molar-refractivity contribution in [3.8, 4) is 11.5 Å². The lowest BCUT2D eigenvalue weighted by Gasteiger charge is -2.29. The topological polar surface area (TPSA) is 34.1 Å². The Balaban J connectivity index is 1.62. The van der Waals surface area contributed by atoms with Crippen molar-refractivity contribution < 1.29 is 18.3 Å². The standard InChI is InChI=1S/C20H19ClF2N2O2/c1-3-15-19(21)14(12-4-5-16-17(8-12)27-11-26-16)6-7-25(15)18(24-2)9-13-10-20(13,22)23/h3-8,13H,9-11H2,1-2H3/b15-3-,24-18?. The SMILES string of the molecule is C/C=C1/C(Cl)=C(c2ccc3c(c2)OCO3)C=CN1C(CC1CC1(F)F)=NC. The first-order valence-electron chi connectivity index (χ1n) is 8.72. The second-order valence-electron chi connectivity index (χ2n) is 6.66. The second kappa shape index (κ2) is 6.68. The summed E-state index contributed by atoms with van der Waals surface area (Å²) < 4.78 is 37.5. The summed E-state index contributed by atoms with van der Waals surface area (Å²) in [7, 11) is 1.61. The van der Waals surface area contributed by atoms with Gasteiger partial charge in [0, 0.05) is 37.6 Å². The zero-order valence-electron chi connectivity index (χ0n) is 15.0. The fourth-order valence-electron chi connectivity index (χ4n) is 3.33. The van der Waals surface area contributed by atoms with Crippen molar-refractivity contribution in [2.24, 2.45) is 10.9 Å². The molecule has 0 amide bonds. The number of amidine groups is 1. The number of benzene rings is 1. The molecule has 0 saturated heterocycles. The maximum atomic E-state index is 13.3. The van der Waals surface area contributed by atoms with Gasteiger partial charge in [-0.05, 0) is 30.7 Å². The van der Waals surface area contributed by atoms with E-state index < -0.39 is 11.8 Å². The Kier molecular flexibility index (Phi) is 4.46. The molecule has 0 N–H and O–H groups in total. The molecule has 7 heteroatoms. The summed E-state index contributed by atoms with van der Waals surface area (Å²) in [6, 6.07) is 5.64. The van der Waals surface area contributed by atoms with Crippen molar-refractivity contribution in [1.29, 1.82) is 0 Å².